The summed E-state index contributed by atoms with van der Waals surface area (Å²) in [5.41, 5.74) is 7.34. The van der Waals surface area contributed by atoms with Crippen molar-refractivity contribution in [2.75, 3.05) is 16.4 Å². The Morgan fingerprint density at radius 3 is 2.40 bits per heavy atom. The van der Waals surface area contributed by atoms with Crippen molar-refractivity contribution in [3.8, 4) is 17.3 Å². The van der Waals surface area contributed by atoms with Crippen LogP contribution in [0.25, 0.3) is 5.69 Å². The number of anilines is 3. The molecule has 0 aliphatic rings. The molecule has 5 rings (SSSR count). The number of hydrogen-bond acceptors (Lipinski definition) is 8. The third-order valence-electron chi connectivity index (χ3n) is 6.19. The summed E-state index contributed by atoms with van der Waals surface area (Å²) < 4.78 is 20.5. The van der Waals surface area contributed by atoms with Crippen LogP contribution in [0.3, 0.4) is 0 Å². The topological polar surface area (TPSA) is 165 Å². The summed E-state index contributed by atoms with van der Waals surface area (Å²) in [7, 11) is 0. The number of halogens is 1. The molecule has 2 aromatic heterocycles. The van der Waals surface area contributed by atoms with Gasteiger partial charge in [0.25, 0.3) is 11.5 Å². The number of rotatable bonds is 8. The Kier molecular flexibility index (Phi) is 8.01. The lowest BCUT2D eigenvalue weighted by Gasteiger charge is -2.14. The predicted molar refractivity (Wildman–Crippen MR) is 160 cm³/mol. The second-order valence-electron chi connectivity index (χ2n) is 9.23. The van der Waals surface area contributed by atoms with E-state index in [2.05, 4.69) is 20.6 Å². The highest BCUT2D eigenvalue weighted by Crippen LogP contribution is 2.29. The van der Waals surface area contributed by atoms with Crippen molar-refractivity contribution in [3.63, 3.8) is 0 Å². The molecule has 2 amide bonds. The molecule has 0 spiro atoms. The van der Waals surface area contributed by atoms with E-state index >= 15 is 0 Å². The molecule has 0 aliphatic heterocycles. The van der Waals surface area contributed by atoms with E-state index in [1.54, 1.807) is 54.6 Å². The van der Waals surface area contributed by atoms with E-state index < -0.39 is 17.3 Å². The van der Waals surface area contributed by atoms with Crippen molar-refractivity contribution >= 4 is 34.7 Å². The van der Waals surface area contributed by atoms with Crippen molar-refractivity contribution in [1.29, 1.82) is 5.41 Å². The van der Waals surface area contributed by atoms with Gasteiger partial charge in [-0.3, -0.25) is 24.4 Å². The molecule has 43 heavy (non-hydrogen) atoms. The van der Waals surface area contributed by atoms with Crippen LogP contribution in [-0.4, -0.2) is 32.1 Å². The molecule has 0 unspecified atom stereocenters. The van der Waals surface area contributed by atoms with Gasteiger partial charge in [-0.1, -0.05) is 12.1 Å². The van der Waals surface area contributed by atoms with E-state index in [0.29, 0.717) is 28.4 Å². The molecule has 0 bridgehead atoms. The first-order valence-electron chi connectivity index (χ1n) is 12.8. The number of nitrogens with one attached hydrogen (secondary N) is 3. The Morgan fingerprint density at radius 2 is 1.67 bits per heavy atom. The quantitative estimate of drug-likeness (QED) is 0.193. The Morgan fingerprint density at radius 1 is 0.930 bits per heavy atom. The van der Waals surface area contributed by atoms with E-state index in [0.717, 1.165) is 0 Å². The van der Waals surface area contributed by atoms with E-state index in [4.69, 9.17) is 15.9 Å². The van der Waals surface area contributed by atoms with E-state index in [1.165, 1.54) is 54.3 Å². The monoisotopic (exact) mass is 577 g/mol. The van der Waals surface area contributed by atoms with Crippen LogP contribution in [0.15, 0.2) is 102 Å². The molecule has 5 N–H and O–H groups in total. The van der Waals surface area contributed by atoms with Crippen LogP contribution >= 0.6 is 0 Å². The number of ether oxygens (including phenoxy) is 1. The number of benzene rings is 3. The first-order chi connectivity index (χ1) is 20.7. The van der Waals surface area contributed by atoms with Gasteiger partial charge in [0.2, 0.25) is 11.8 Å². The van der Waals surface area contributed by atoms with Gasteiger partial charge >= 0.3 is 0 Å². The average Bonchev–Trinajstić information content (AvgIpc) is 2.98. The summed E-state index contributed by atoms with van der Waals surface area (Å²) in [6.07, 6.45) is 2.70. The number of nitrogen functional groups attached to an aromatic ring is 1. The average molecular weight is 578 g/mol. The number of amides is 2. The lowest BCUT2D eigenvalue weighted by Crippen LogP contribution is -2.27. The second kappa shape index (κ2) is 12.1. The summed E-state index contributed by atoms with van der Waals surface area (Å²) in [4.78, 5) is 45.5. The third-order valence-corrected chi connectivity index (χ3v) is 6.19. The normalized spacial score (nSPS) is 10.6. The van der Waals surface area contributed by atoms with Gasteiger partial charge in [-0.2, -0.15) is 0 Å². The lowest BCUT2D eigenvalue weighted by atomic mass is 10.0. The highest BCUT2D eigenvalue weighted by atomic mass is 19.1. The van der Waals surface area contributed by atoms with Gasteiger partial charge < -0.3 is 21.1 Å². The SMILES string of the molecule is CC(=O)Nc1cccc(C(=N)c2c(N)ncnc2Oc2ccc(NC(=O)c3cccn(-c4ccc(F)cc4)c3=O)cc2)c1. The first-order valence-corrected chi connectivity index (χ1v) is 12.8. The fourth-order valence-corrected chi connectivity index (χ4v) is 4.18. The van der Waals surface area contributed by atoms with Gasteiger partial charge in [-0.25, -0.2) is 14.4 Å². The van der Waals surface area contributed by atoms with Crippen molar-refractivity contribution in [2.24, 2.45) is 0 Å². The lowest BCUT2D eigenvalue weighted by molar-refractivity contribution is -0.114. The summed E-state index contributed by atoms with van der Waals surface area (Å²) in [6.45, 7) is 1.39. The maximum atomic E-state index is 13.3. The van der Waals surface area contributed by atoms with Crippen LogP contribution in [0.5, 0.6) is 11.6 Å². The van der Waals surface area contributed by atoms with Crippen LogP contribution in [0, 0.1) is 11.2 Å². The number of pyridine rings is 1. The zero-order valence-corrected chi connectivity index (χ0v) is 22.7. The Bertz CT molecular complexity index is 1910. The second-order valence-corrected chi connectivity index (χ2v) is 9.23. The van der Waals surface area contributed by atoms with Gasteiger partial charge in [0.05, 0.1) is 5.71 Å². The summed E-state index contributed by atoms with van der Waals surface area (Å²) in [5, 5.41) is 14.1. The number of nitrogens with two attached hydrogens (primary N) is 1. The summed E-state index contributed by atoms with van der Waals surface area (Å²) in [6, 6.07) is 21.3. The molecule has 0 fully saturated rings. The van der Waals surface area contributed by atoms with Crippen LogP contribution < -0.4 is 26.7 Å². The van der Waals surface area contributed by atoms with Gasteiger partial charge in [0.15, 0.2) is 0 Å². The maximum Gasteiger partial charge on any atom is 0.267 e. The zero-order valence-electron chi connectivity index (χ0n) is 22.7. The number of hydrogen-bond donors (Lipinski definition) is 4. The minimum atomic E-state index is -0.629. The number of carbonyl (C=O) groups is 2. The minimum absolute atomic E-state index is 0.0154. The fourth-order valence-electron chi connectivity index (χ4n) is 4.18. The molecule has 0 radical (unpaired) electrons. The number of aromatic nitrogens is 3. The molecule has 214 valence electrons. The van der Waals surface area contributed by atoms with E-state index in [9.17, 15) is 18.8 Å². The molecule has 0 saturated carbocycles. The predicted octanol–water partition coefficient (Wildman–Crippen LogP) is 4.77. The molecule has 0 atom stereocenters. The molecule has 11 nitrogen and oxygen atoms in total. The Labute approximate surface area is 244 Å². The molecular formula is C31H24FN7O4. The highest BCUT2D eigenvalue weighted by molar-refractivity contribution is 6.15. The molecule has 3 aromatic carbocycles. The molecular weight excluding hydrogens is 553 g/mol. The van der Waals surface area contributed by atoms with Crippen molar-refractivity contribution < 1.29 is 18.7 Å². The zero-order chi connectivity index (χ0) is 30.5. The van der Waals surface area contributed by atoms with Crippen molar-refractivity contribution in [1.82, 2.24) is 14.5 Å². The summed E-state index contributed by atoms with van der Waals surface area (Å²) >= 11 is 0. The van der Waals surface area contributed by atoms with Crippen molar-refractivity contribution in [2.45, 2.75) is 6.92 Å². The third kappa shape index (κ3) is 6.43. The Hall–Kier alpha value is -6.17. The summed E-state index contributed by atoms with van der Waals surface area (Å²) in [5.74, 6) is -0.931. The highest BCUT2D eigenvalue weighted by Gasteiger charge is 2.19. The molecule has 2 heterocycles. The largest absolute Gasteiger partial charge is 0.438 e. The first kappa shape index (κ1) is 28.4. The van der Waals surface area contributed by atoms with Crippen LogP contribution in [0.2, 0.25) is 0 Å². The number of carbonyl (C=O) groups excluding carboxylic acids is 2. The standard InChI is InChI=1S/C31H24FN7O4/c1-18(40)37-22-5-2-4-19(16-22)27(33)26-28(34)35-17-36-30(26)43-24-13-9-21(10-14-24)38-29(41)25-6-3-15-39(31(25)42)23-11-7-20(32)8-12-23/h2-17,33H,1H3,(H,37,40)(H,38,41)(H2,34,35,36). The molecule has 0 saturated heterocycles. The van der Waals surface area contributed by atoms with Gasteiger partial charge in [-0.05, 0) is 72.8 Å². The molecule has 5 aromatic rings. The van der Waals surface area contributed by atoms with Gasteiger partial charge in [0, 0.05) is 35.7 Å². The minimum Gasteiger partial charge on any atom is -0.438 e. The van der Waals surface area contributed by atoms with Crippen LogP contribution in [0.4, 0.5) is 21.6 Å². The Balaban J connectivity index is 1.33. The molecule has 0 aliphatic carbocycles. The van der Waals surface area contributed by atoms with Gasteiger partial charge in [0.1, 0.15) is 34.8 Å². The fraction of sp³-hybridized carbons (Fsp3) is 0.0323. The maximum absolute atomic E-state index is 13.3. The van der Waals surface area contributed by atoms with Gasteiger partial charge in [-0.15, -0.1) is 0 Å². The smallest absolute Gasteiger partial charge is 0.267 e. The van der Waals surface area contributed by atoms with Crippen molar-refractivity contribution in [3.05, 3.63) is 130 Å². The van der Waals surface area contributed by atoms with E-state index in [-0.39, 0.29) is 34.4 Å². The number of nitrogens with zero attached hydrogens (tertiary/aromatic N) is 3. The van der Waals surface area contributed by atoms with Crippen LogP contribution in [-0.2, 0) is 4.79 Å². The molecule has 12 heteroatoms. The van der Waals surface area contributed by atoms with E-state index in [1.807, 2.05) is 0 Å². The van der Waals surface area contributed by atoms with Crippen LogP contribution in [0.1, 0.15) is 28.4 Å².